The van der Waals surface area contributed by atoms with Gasteiger partial charge in [-0.3, -0.25) is 14.9 Å². The molecule has 0 spiro atoms. The molecule has 7 nitrogen and oxygen atoms in total. The molecule has 0 fully saturated rings. The summed E-state index contributed by atoms with van der Waals surface area (Å²) in [5.41, 5.74) is 10.0. The number of amides is 1. The SMILES string of the molecule is Cc1ccc([N+](=O)[O-])cc1NC(=O)CN1CCCc2c(N)cccc21.Cl. The first-order chi connectivity index (χ1) is 12.0. The topological polar surface area (TPSA) is 102 Å². The average Bonchev–Trinajstić information content (AvgIpc) is 2.57. The van der Waals surface area contributed by atoms with Crippen molar-refractivity contribution in [1.29, 1.82) is 0 Å². The zero-order chi connectivity index (χ0) is 18.0. The Balaban J connectivity index is 0.00000243. The van der Waals surface area contributed by atoms with Crippen LogP contribution in [0.1, 0.15) is 17.5 Å². The smallest absolute Gasteiger partial charge is 0.271 e. The zero-order valence-corrected chi connectivity index (χ0v) is 15.2. The Morgan fingerprint density at radius 1 is 1.35 bits per heavy atom. The summed E-state index contributed by atoms with van der Waals surface area (Å²) in [6.45, 7) is 2.76. The first-order valence-electron chi connectivity index (χ1n) is 8.13. The van der Waals surface area contributed by atoms with E-state index in [4.69, 9.17) is 5.73 Å². The lowest BCUT2D eigenvalue weighted by atomic mass is 10.00. The van der Waals surface area contributed by atoms with Gasteiger partial charge in [-0.1, -0.05) is 12.1 Å². The fourth-order valence-corrected chi connectivity index (χ4v) is 3.11. The fourth-order valence-electron chi connectivity index (χ4n) is 3.11. The molecule has 0 saturated carbocycles. The Labute approximate surface area is 157 Å². The third-order valence-corrected chi connectivity index (χ3v) is 4.42. The van der Waals surface area contributed by atoms with Crippen molar-refractivity contribution >= 4 is 41.1 Å². The van der Waals surface area contributed by atoms with Gasteiger partial charge < -0.3 is 16.0 Å². The Morgan fingerprint density at radius 2 is 2.12 bits per heavy atom. The Bertz CT molecular complexity index is 841. The van der Waals surface area contributed by atoms with Crippen LogP contribution in [-0.2, 0) is 11.2 Å². The minimum absolute atomic E-state index is 0. The van der Waals surface area contributed by atoms with Crippen molar-refractivity contribution in [3.05, 3.63) is 57.6 Å². The van der Waals surface area contributed by atoms with Crippen LogP contribution in [-0.4, -0.2) is 23.9 Å². The van der Waals surface area contributed by atoms with E-state index in [9.17, 15) is 14.9 Å². The molecule has 3 rings (SSSR count). The number of halogens is 1. The maximum atomic E-state index is 12.5. The molecule has 0 saturated heterocycles. The average molecular weight is 377 g/mol. The standard InChI is InChI=1S/C18H20N4O3.ClH/c1-12-7-8-13(22(24)25)10-16(12)20-18(23)11-21-9-3-4-14-15(19)5-2-6-17(14)21;/h2,5-8,10H,3-4,9,11,19H2,1H3,(H,20,23);1H. The summed E-state index contributed by atoms with van der Waals surface area (Å²) in [7, 11) is 0. The minimum Gasteiger partial charge on any atom is -0.398 e. The maximum absolute atomic E-state index is 12.5. The lowest BCUT2D eigenvalue weighted by molar-refractivity contribution is -0.384. The molecule has 1 heterocycles. The Kier molecular flexibility index (Phi) is 6.05. The van der Waals surface area contributed by atoms with Gasteiger partial charge in [-0.05, 0) is 43.0 Å². The molecule has 1 aliphatic rings. The molecule has 0 unspecified atom stereocenters. The van der Waals surface area contributed by atoms with Gasteiger partial charge >= 0.3 is 0 Å². The minimum atomic E-state index is -0.473. The van der Waals surface area contributed by atoms with E-state index in [1.807, 2.05) is 23.1 Å². The van der Waals surface area contributed by atoms with Crippen molar-refractivity contribution in [3.8, 4) is 0 Å². The molecule has 0 aromatic heterocycles. The van der Waals surface area contributed by atoms with E-state index in [0.29, 0.717) is 5.69 Å². The van der Waals surface area contributed by atoms with Gasteiger partial charge in [0, 0.05) is 30.1 Å². The highest BCUT2D eigenvalue weighted by Crippen LogP contribution is 2.31. The monoisotopic (exact) mass is 376 g/mol. The van der Waals surface area contributed by atoms with Gasteiger partial charge in [0.1, 0.15) is 0 Å². The quantitative estimate of drug-likeness (QED) is 0.484. The molecule has 0 radical (unpaired) electrons. The predicted molar refractivity (Wildman–Crippen MR) is 105 cm³/mol. The number of rotatable bonds is 4. The van der Waals surface area contributed by atoms with Gasteiger partial charge in [0.2, 0.25) is 5.91 Å². The zero-order valence-electron chi connectivity index (χ0n) is 14.4. The second-order valence-electron chi connectivity index (χ2n) is 6.17. The van der Waals surface area contributed by atoms with Crippen LogP contribution in [0.5, 0.6) is 0 Å². The molecular formula is C18H21ClN4O3. The molecule has 2 aromatic carbocycles. The lowest BCUT2D eigenvalue weighted by Gasteiger charge is -2.31. The number of hydrogen-bond acceptors (Lipinski definition) is 5. The number of nitrogens with one attached hydrogen (secondary N) is 1. The summed E-state index contributed by atoms with van der Waals surface area (Å²) >= 11 is 0. The number of carbonyl (C=O) groups is 1. The number of nitrogens with zero attached hydrogens (tertiary/aromatic N) is 2. The molecule has 0 aliphatic carbocycles. The van der Waals surface area contributed by atoms with Crippen LogP contribution in [0.4, 0.5) is 22.7 Å². The van der Waals surface area contributed by atoms with Gasteiger partial charge in [-0.25, -0.2) is 0 Å². The van der Waals surface area contributed by atoms with Crippen LogP contribution in [0.15, 0.2) is 36.4 Å². The number of nitrogen functional groups attached to an aromatic ring is 1. The van der Waals surface area contributed by atoms with Crippen molar-refractivity contribution in [2.75, 3.05) is 29.0 Å². The highest BCUT2D eigenvalue weighted by molar-refractivity contribution is 5.95. The van der Waals surface area contributed by atoms with E-state index in [1.165, 1.54) is 12.1 Å². The number of carbonyl (C=O) groups excluding carboxylic acids is 1. The van der Waals surface area contributed by atoms with Crippen LogP contribution in [0.3, 0.4) is 0 Å². The summed E-state index contributed by atoms with van der Waals surface area (Å²) in [5.74, 6) is -0.209. The summed E-state index contributed by atoms with van der Waals surface area (Å²) in [4.78, 5) is 24.9. The van der Waals surface area contributed by atoms with E-state index >= 15 is 0 Å². The van der Waals surface area contributed by atoms with Crippen molar-refractivity contribution in [2.24, 2.45) is 0 Å². The van der Waals surface area contributed by atoms with Gasteiger partial charge in [-0.2, -0.15) is 0 Å². The number of nitro benzene ring substituents is 1. The first-order valence-corrected chi connectivity index (χ1v) is 8.13. The van der Waals surface area contributed by atoms with E-state index in [0.717, 1.165) is 41.9 Å². The molecule has 26 heavy (non-hydrogen) atoms. The number of anilines is 3. The summed E-state index contributed by atoms with van der Waals surface area (Å²) in [6.07, 6.45) is 1.84. The normalized spacial score (nSPS) is 12.7. The Hall–Kier alpha value is -2.80. The predicted octanol–water partition coefficient (Wildman–Crippen LogP) is 3.30. The van der Waals surface area contributed by atoms with Gasteiger partial charge in [0.05, 0.1) is 17.2 Å². The third kappa shape index (κ3) is 4.05. The molecule has 0 atom stereocenters. The first kappa shape index (κ1) is 19.5. The van der Waals surface area contributed by atoms with Crippen molar-refractivity contribution in [3.63, 3.8) is 0 Å². The highest BCUT2D eigenvalue weighted by Gasteiger charge is 2.21. The molecule has 2 aromatic rings. The molecule has 138 valence electrons. The van der Waals surface area contributed by atoms with E-state index < -0.39 is 4.92 Å². The van der Waals surface area contributed by atoms with Gasteiger partial charge in [0.15, 0.2) is 0 Å². The van der Waals surface area contributed by atoms with Crippen LogP contribution in [0.2, 0.25) is 0 Å². The lowest BCUT2D eigenvalue weighted by Crippen LogP contribution is -2.37. The van der Waals surface area contributed by atoms with Crippen molar-refractivity contribution < 1.29 is 9.72 Å². The Morgan fingerprint density at radius 3 is 2.85 bits per heavy atom. The largest absolute Gasteiger partial charge is 0.398 e. The number of non-ortho nitro benzene ring substituents is 1. The van der Waals surface area contributed by atoms with E-state index in [-0.39, 0.29) is 30.5 Å². The third-order valence-electron chi connectivity index (χ3n) is 4.42. The summed E-state index contributed by atoms with van der Waals surface area (Å²) in [6, 6.07) is 10.2. The molecule has 1 aliphatic heterocycles. The van der Waals surface area contributed by atoms with Gasteiger partial charge in [-0.15, -0.1) is 12.4 Å². The number of fused-ring (bicyclic) bond motifs is 1. The van der Waals surface area contributed by atoms with Gasteiger partial charge in [0.25, 0.3) is 5.69 Å². The van der Waals surface area contributed by atoms with Crippen molar-refractivity contribution in [2.45, 2.75) is 19.8 Å². The van der Waals surface area contributed by atoms with Crippen LogP contribution in [0, 0.1) is 17.0 Å². The van der Waals surface area contributed by atoms with E-state index in [2.05, 4.69) is 5.32 Å². The summed E-state index contributed by atoms with van der Waals surface area (Å²) in [5, 5.41) is 13.7. The highest BCUT2D eigenvalue weighted by atomic mass is 35.5. The second-order valence-corrected chi connectivity index (χ2v) is 6.17. The number of benzene rings is 2. The van der Waals surface area contributed by atoms with Crippen LogP contribution in [0.25, 0.3) is 0 Å². The molecule has 8 heteroatoms. The fraction of sp³-hybridized carbons (Fsp3) is 0.278. The molecular weight excluding hydrogens is 356 g/mol. The molecule has 1 amide bonds. The number of aryl methyl sites for hydroxylation is 1. The molecule has 3 N–H and O–H groups in total. The van der Waals surface area contributed by atoms with Crippen molar-refractivity contribution in [1.82, 2.24) is 0 Å². The molecule has 0 bridgehead atoms. The number of nitrogens with two attached hydrogens (primary N) is 1. The van der Waals surface area contributed by atoms with E-state index in [1.54, 1.807) is 13.0 Å². The van der Waals surface area contributed by atoms with Crippen LogP contribution >= 0.6 is 12.4 Å². The second kappa shape index (κ2) is 8.05. The van der Waals surface area contributed by atoms with Crippen LogP contribution < -0.4 is 16.0 Å². The maximum Gasteiger partial charge on any atom is 0.271 e. The summed E-state index contributed by atoms with van der Waals surface area (Å²) < 4.78 is 0. The number of nitro groups is 1. The number of hydrogen-bond donors (Lipinski definition) is 2.